The smallest absolute Gasteiger partial charge is 0.369 e. The highest BCUT2D eigenvalue weighted by Crippen LogP contribution is 2.34. The van der Waals surface area contributed by atoms with Gasteiger partial charge in [-0.1, -0.05) is 23.2 Å². The van der Waals surface area contributed by atoms with Gasteiger partial charge in [-0.25, -0.2) is 4.98 Å². The molecule has 1 aromatic carbocycles. The Morgan fingerprint density at radius 1 is 1.18 bits per heavy atom. The second kappa shape index (κ2) is 8.71. The zero-order valence-electron chi connectivity index (χ0n) is 15.2. The van der Waals surface area contributed by atoms with Crippen molar-refractivity contribution in [2.75, 3.05) is 37.3 Å². The highest BCUT2D eigenvalue weighted by atomic mass is 35.5. The Labute approximate surface area is 171 Å². The first-order valence-corrected chi connectivity index (χ1v) is 9.56. The number of hydrogen-bond donors (Lipinski definition) is 2. The molecule has 0 aliphatic carbocycles. The average molecular weight is 434 g/mol. The van der Waals surface area contributed by atoms with Gasteiger partial charge in [0, 0.05) is 18.4 Å². The van der Waals surface area contributed by atoms with Crippen LogP contribution in [0, 0.1) is 5.92 Å². The maximum atomic E-state index is 13.3. The molecule has 0 saturated carbocycles. The second-order valence-electron chi connectivity index (χ2n) is 6.84. The average Bonchev–Trinajstić information content (AvgIpc) is 2.63. The molecule has 0 bridgehead atoms. The van der Waals surface area contributed by atoms with Gasteiger partial charge in [0.25, 0.3) is 0 Å². The number of piperidine rings is 1. The first-order valence-electron chi connectivity index (χ1n) is 8.81. The Bertz CT molecular complexity index is 823. The van der Waals surface area contributed by atoms with Crippen LogP contribution < -0.4 is 10.6 Å². The predicted octanol–water partition coefficient (Wildman–Crippen LogP) is 5.30. The van der Waals surface area contributed by atoms with Gasteiger partial charge < -0.3 is 15.5 Å². The van der Waals surface area contributed by atoms with E-state index >= 15 is 0 Å². The topological polar surface area (TPSA) is 53.1 Å². The highest BCUT2D eigenvalue weighted by Gasteiger charge is 2.35. The molecule has 10 heteroatoms. The summed E-state index contributed by atoms with van der Waals surface area (Å²) in [4.78, 5) is 10.0. The molecule has 1 aliphatic rings. The summed E-state index contributed by atoms with van der Waals surface area (Å²) in [6, 6.07) is 4.77. The predicted molar refractivity (Wildman–Crippen MR) is 105 cm³/mol. The minimum Gasteiger partial charge on any atom is -0.369 e. The first-order chi connectivity index (χ1) is 13.2. The quantitative estimate of drug-likeness (QED) is 0.669. The molecular formula is C18H20Cl2F3N5. The molecule has 0 atom stereocenters. The third-order valence-corrected chi connectivity index (χ3v) is 5.41. The van der Waals surface area contributed by atoms with Crippen LogP contribution in [0.2, 0.25) is 10.0 Å². The van der Waals surface area contributed by atoms with Crippen LogP contribution in [0.3, 0.4) is 0 Å². The molecule has 152 valence electrons. The van der Waals surface area contributed by atoms with Crippen LogP contribution in [-0.2, 0) is 6.18 Å². The number of benzene rings is 1. The van der Waals surface area contributed by atoms with Crippen molar-refractivity contribution in [3.05, 3.63) is 40.0 Å². The van der Waals surface area contributed by atoms with Crippen molar-refractivity contribution in [1.29, 1.82) is 0 Å². The third-order valence-electron chi connectivity index (χ3n) is 4.67. The van der Waals surface area contributed by atoms with Crippen LogP contribution in [0.4, 0.5) is 30.6 Å². The van der Waals surface area contributed by atoms with Gasteiger partial charge in [0.1, 0.15) is 11.4 Å². The van der Waals surface area contributed by atoms with Crippen LogP contribution in [0.5, 0.6) is 0 Å². The Hall–Kier alpha value is -1.77. The zero-order valence-corrected chi connectivity index (χ0v) is 16.7. The molecule has 0 unspecified atom stereocenters. The summed E-state index contributed by atoms with van der Waals surface area (Å²) in [6.07, 6.45) is -1.89. The number of hydrogen-bond acceptors (Lipinski definition) is 5. The monoisotopic (exact) mass is 433 g/mol. The maximum absolute atomic E-state index is 13.3. The van der Waals surface area contributed by atoms with E-state index in [2.05, 4.69) is 25.5 Å². The molecule has 3 rings (SSSR count). The van der Waals surface area contributed by atoms with Gasteiger partial charge in [-0.2, -0.15) is 18.2 Å². The summed E-state index contributed by atoms with van der Waals surface area (Å²) < 4.78 is 40.0. The van der Waals surface area contributed by atoms with Gasteiger partial charge in [0.2, 0.25) is 5.95 Å². The number of nitrogens with one attached hydrogen (secondary N) is 2. The molecule has 5 nitrogen and oxygen atoms in total. The molecule has 2 aromatic rings. The van der Waals surface area contributed by atoms with Crippen molar-refractivity contribution >= 4 is 40.7 Å². The fourth-order valence-electron chi connectivity index (χ4n) is 2.99. The van der Waals surface area contributed by atoms with Gasteiger partial charge in [-0.05, 0) is 57.1 Å². The first kappa shape index (κ1) is 21.0. The minimum absolute atomic E-state index is 0.0391. The molecule has 2 N–H and O–H groups in total. The minimum atomic E-state index is -4.54. The van der Waals surface area contributed by atoms with E-state index < -0.39 is 11.7 Å². The second-order valence-corrected chi connectivity index (χ2v) is 7.65. The summed E-state index contributed by atoms with van der Waals surface area (Å²) in [6.45, 7) is 2.30. The van der Waals surface area contributed by atoms with Crippen LogP contribution >= 0.6 is 23.2 Å². The number of rotatable bonds is 5. The number of likely N-dealkylation sites (tertiary alicyclic amines) is 1. The Balaban J connectivity index is 1.77. The summed E-state index contributed by atoms with van der Waals surface area (Å²) in [5, 5.41) is 6.42. The Morgan fingerprint density at radius 2 is 1.89 bits per heavy atom. The van der Waals surface area contributed by atoms with Gasteiger partial charge in [0.15, 0.2) is 0 Å². The van der Waals surface area contributed by atoms with E-state index in [4.69, 9.17) is 23.2 Å². The molecule has 1 saturated heterocycles. The number of halogens is 5. The number of alkyl halides is 3. The van der Waals surface area contributed by atoms with Gasteiger partial charge in [-0.15, -0.1) is 0 Å². The van der Waals surface area contributed by atoms with Crippen molar-refractivity contribution < 1.29 is 13.2 Å². The fourth-order valence-corrected chi connectivity index (χ4v) is 3.29. The summed E-state index contributed by atoms with van der Waals surface area (Å²) >= 11 is 11.8. The van der Waals surface area contributed by atoms with Crippen molar-refractivity contribution in [2.45, 2.75) is 19.0 Å². The van der Waals surface area contributed by atoms with Crippen molar-refractivity contribution in [3.8, 4) is 0 Å². The van der Waals surface area contributed by atoms with E-state index in [1.165, 1.54) is 0 Å². The van der Waals surface area contributed by atoms with Gasteiger partial charge in [-0.3, -0.25) is 0 Å². The normalized spacial score (nSPS) is 16.2. The van der Waals surface area contributed by atoms with Crippen LogP contribution in [0.1, 0.15) is 18.4 Å². The summed E-state index contributed by atoms with van der Waals surface area (Å²) in [5.41, 5.74) is -0.365. The van der Waals surface area contributed by atoms with Crippen LogP contribution in [0.25, 0.3) is 0 Å². The van der Waals surface area contributed by atoms with Crippen LogP contribution in [-0.4, -0.2) is 41.5 Å². The lowest BCUT2D eigenvalue weighted by atomic mass is 9.97. The number of anilines is 3. The third kappa shape index (κ3) is 5.40. The molecule has 1 aliphatic heterocycles. The Kier molecular flexibility index (Phi) is 6.52. The fraction of sp³-hybridized carbons (Fsp3) is 0.444. The lowest BCUT2D eigenvalue weighted by Gasteiger charge is -2.29. The molecule has 0 radical (unpaired) electrons. The molecule has 1 fully saturated rings. The largest absolute Gasteiger partial charge is 0.421 e. The lowest BCUT2D eigenvalue weighted by molar-refractivity contribution is -0.137. The zero-order chi connectivity index (χ0) is 20.3. The number of aromatic nitrogens is 2. The molecule has 28 heavy (non-hydrogen) atoms. The van der Waals surface area contributed by atoms with E-state index in [1.807, 2.05) is 7.05 Å². The maximum Gasteiger partial charge on any atom is 0.421 e. The van der Waals surface area contributed by atoms with E-state index in [1.54, 1.807) is 18.2 Å². The summed E-state index contributed by atoms with van der Waals surface area (Å²) in [7, 11) is 2.04. The van der Waals surface area contributed by atoms with Crippen LogP contribution in [0.15, 0.2) is 24.4 Å². The highest BCUT2D eigenvalue weighted by molar-refractivity contribution is 6.42. The standard InChI is InChI=1S/C18H20Cl2F3N5/c1-28-6-4-11(5-7-28)9-24-16-13(18(21,22)23)10-25-17(27-16)26-12-2-3-14(19)15(20)8-12/h2-3,8,10-11H,4-7,9H2,1H3,(H2,24,25,26,27). The van der Waals surface area contributed by atoms with Crippen molar-refractivity contribution in [2.24, 2.45) is 5.92 Å². The van der Waals surface area contributed by atoms with E-state index in [0.717, 1.165) is 32.1 Å². The lowest BCUT2D eigenvalue weighted by Crippen LogP contribution is -2.33. The van der Waals surface area contributed by atoms with Crippen molar-refractivity contribution in [3.63, 3.8) is 0 Å². The SMILES string of the molecule is CN1CCC(CNc2nc(Nc3ccc(Cl)c(Cl)c3)ncc2C(F)(F)F)CC1. The summed E-state index contributed by atoms with van der Waals surface area (Å²) in [5.74, 6) is 0.111. The molecule has 0 spiro atoms. The molecular weight excluding hydrogens is 414 g/mol. The Morgan fingerprint density at radius 3 is 2.54 bits per heavy atom. The molecule has 0 amide bonds. The van der Waals surface area contributed by atoms with Gasteiger partial charge in [0.05, 0.1) is 10.0 Å². The van der Waals surface area contributed by atoms with Gasteiger partial charge >= 0.3 is 6.18 Å². The number of nitrogens with zero attached hydrogens (tertiary/aromatic N) is 3. The molecule has 1 aromatic heterocycles. The van der Waals surface area contributed by atoms with E-state index in [9.17, 15) is 13.2 Å². The van der Waals surface area contributed by atoms with Crippen molar-refractivity contribution in [1.82, 2.24) is 14.9 Å². The van der Waals surface area contributed by atoms with E-state index in [0.29, 0.717) is 28.2 Å². The van der Waals surface area contributed by atoms with E-state index in [-0.39, 0.29) is 11.8 Å². The molecule has 2 heterocycles.